The second kappa shape index (κ2) is 8.59. The van der Waals surface area contributed by atoms with Crippen molar-refractivity contribution in [3.8, 4) is 0 Å². The van der Waals surface area contributed by atoms with Crippen molar-refractivity contribution in [1.29, 1.82) is 0 Å². The lowest BCUT2D eigenvalue weighted by molar-refractivity contribution is 0.347. The van der Waals surface area contributed by atoms with E-state index in [1.807, 2.05) is 13.8 Å². The third-order valence-corrected chi connectivity index (χ3v) is 6.12. The van der Waals surface area contributed by atoms with Gasteiger partial charge in [-0.3, -0.25) is 0 Å². The predicted molar refractivity (Wildman–Crippen MR) is 90.9 cm³/mol. The van der Waals surface area contributed by atoms with Gasteiger partial charge in [-0.1, -0.05) is 29.3 Å². The van der Waals surface area contributed by atoms with E-state index in [0.29, 0.717) is 28.8 Å². The lowest BCUT2D eigenvalue weighted by atomic mass is 10.2. The van der Waals surface area contributed by atoms with Crippen LogP contribution in [0, 0.1) is 0 Å². The maximum Gasteiger partial charge on any atom is 0.214 e. The highest BCUT2D eigenvalue weighted by Gasteiger charge is 2.24. The number of nitrogens with zero attached hydrogens (tertiary/aromatic N) is 1. The molecule has 1 rings (SSSR count). The van der Waals surface area contributed by atoms with E-state index in [1.165, 1.54) is 4.31 Å². The molecule has 21 heavy (non-hydrogen) atoms. The van der Waals surface area contributed by atoms with Crippen molar-refractivity contribution in [2.75, 3.05) is 11.6 Å². The number of benzene rings is 1. The monoisotopic (exact) mass is 371 g/mol. The number of sulfonamides is 1. The third kappa shape index (κ3) is 5.95. The van der Waals surface area contributed by atoms with Gasteiger partial charge in [0.05, 0.1) is 15.8 Å². The van der Waals surface area contributed by atoms with Gasteiger partial charge >= 0.3 is 0 Å². The van der Waals surface area contributed by atoms with Gasteiger partial charge in [-0.25, -0.2) is 8.42 Å². The average molecular weight is 373 g/mol. The minimum atomic E-state index is -3.32. The summed E-state index contributed by atoms with van der Waals surface area (Å²) in [6, 6.07) is 5.05. The Morgan fingerprint density at radius 1 is 1.14 bits per heavy atom. The largest absolute Gasteiger partial charge is 0.214 e. The van der Waals surface area contributed by atoms with Crippen molar-refractivity contribution < 1.29 is 8.42 Å². The van der Waals surface area contributed by atoms with Crippen LogP contribution in [0.4, 0.5) is 0 Å². The molecule has 0 saturated carbocycles. The van der Waals surface area contributed by atoms with Gasteiger partial charge in [-0.05, 0) is 44.4 Å². The van der Waals surface area contributed by atoms with Gasteiger partial charge in [0.1, 0.15) is 0 Å². The Hall–Kier alpha value is -0.000000000000000167. The van der Waals surface area contributed by atoms with Crippen molar-refractivity contribution in [2.24, 2.45) is 0 Å². The molecule has 0 unspecified atom stereocenters. The molecule has 0 bridgehead atoms. The standard InChI is InChI=1S/C14H20Cl3NO2S/c1-11(2)18(21(19,20)8-4-3-7-15)10-12-5-6-13(16)14(17)9-12/h5-6,9,11H,3-4,7-8,10H2,1-2H3. The molecule has 120 valence electrons. The van der Waals surface area contributed by atoms with Crippen molar-refractivity contribution in [1.82, 2.24) is 4.31 Å². The number of halogens is 3. The normalized spacial score (nSPS) is 12.3. The lowest BCUT2D eigenvalue weighted by Gasteiger charge is -2.26. The SMILES string of the molecule is CC(C)N(Cc1ccc(Cl)c(Cl)c1)S(=O)(=O)CCCCCl. The Kier molecular flexibility index (Phi) is 7.79. The van der Waals surface area contributed by atoms with Crippen molar-refractivity contribution >= 4 is 44.8 Å². The maximum absolute atomic E-state index is 12.4. The fraction of sp³-hybridized carbons (Fsp3) is 0.571. The molecule has 0 aromatic heterocycles. The number of unbranched alkanes of at least 4 members (excludes halogenated alkanes) is 1. The van der Waals surface area contributed by atoms with Crippen molar-refractivity contribution in [2.45, 2.75) is 39.3 Å². The molecule has 0 N–H and O–H groups in total. The molecular formula is C14H20Cl3NO2S. The van der Waals surface area contributed by atoms with Crippen LogP contribution >= 0.6 is 34.8 Å². The Morgan fingerprint density at radius 3 is 2.33 bits per heavy atom. The van der Waals surface area contributed by atoms with Gasteiger partial charge < -0.3 is 0 Å². The molecule has 0 radical (unpaired) electrons. The number of alkyl halides is 1. The maximum atomic E-state index is 12.4. The molecule has 0 saturated heterocycles. The molecule has 1 aromatic carbocycles. The van der Waals surface area contributed by atoms with E-state index in [-0.39, 0.29) is 18.3 Å². The van der Waals surface area contributed by atoms with Crippen LogP contribution in [0.1, 0.15) is 32.3 Å². The Bertz CT molecular complexity index is 561. The molecule has 3 nitrogen and oxygen atoms in total. The van der Waals surface area contributed by atoms with Gasteiger partial charge in [0.15, 0.2) is 0 Å². The van der Waals surface area contributed by atoms with Crippen molar-refractivity contribution in [3.05, 3.63) is 33.8 Å². The Labute approximate surface area is 142 Å². The Morgan fingerprint density at radius 2 is 1.81 bits per heavy atom. The summed E-state index contributed by atoms with van der Waals surface area (Å²) in [6.45, 7) is 4.00. The average Bonchev–Trinajstić information content (AvgIpc) is 2.39. The Balaban J connectivity index is 2.88. The highest BCUT2D eigenvalue weighted by Crippen LogP contribution is 2.24. The molecule has 0 aliphatic carbocycles. The summed E-state index contributed by atoms with van der Waals surface area (Å²) in [5, 5.41) is 0.888. The molecule has 0 amide bonds. The summed E-state index contributed by atoms with van der Waals surface area (Å²) in [5.74, 6) is 0.587. The van der Waals surface area contributed by atoms with Gasteiger partial charge in [0, 0.05) is 18.5 Å². The highest BCUT2D eigenvalue weighted by molar-refractivity contribution is 7.89. The zero-order chi connectivity index (χ0) is 16.0. The topological polar surface area (TPSA) is 37.4 Å². The van der Waals surface area contributed by atoms with Crippen LogP contribution in [0.15, 0.2) is 18.2 Å². The first kappa shape index (κ1) is 19.0. The molecule has 7 heteroatoms. The molecule has 0 atom stereocenters. The van der Waals surface area contributed by atoms with Crippen molar-refractivity contribution in [3.63, 3.8) is 0 Å². The molecule has 0 spiro atoms. The van der Waals surface area contributed by atoms with Crippen LogP contribution in [0.25, 0.3) is 0 Å². The van der Waals surface area contributed by atoms with Crippen LogP contribution in [0.2, 0.25) is 10.0 Å². The summed E-state index contributed by atoms with van der Waals surface area (Å²) < 4.78 is 26.3. The second-order valence-electron chi connectivity index (χ2n) is 5.10. The first-order valence-electron chi connectivity index (χ1n) is 6.77. The van der Waals surface area contributed by atoms with E-state index in [4.69, 9.17) is 34.8 Å². The molecule has 0 aliphatic heterocycles. The molecular weight excluding hydrogens is 353 g/mol. The van der Waals surface area contributed by atoms with Gasteiger partial charge in [0.2, 0.25) is 10.0 Å². The smallest absolute Gasteiger partial charge is 0.212 e. The van der Waals surface area contributed by atoms with Crippen LogP contribution in [0.3, 0.4) is 0 Å². The summed E-state index contributed by atoms with van der Waals surface area (Å²) in [5.41, 5.74) is 0.819. The number of hydrogen-bond donors (Lipinski definition) is 0. The number of rotatable bonds is 8. The fourth-order valence-electron chi connectivity index (χ4n) is 1.92. The van der Waals surface area contributed by atoms with E-state index < -0.39 is 10.0 Å². The fourth-order valence-corrected chi connectivity index (χ4v) is 4.22. The third-order valence-electron chi connectivity index (χ3n) is 3.04. The van der Waals surface area contributed by atoms with E-state index in [2.05, 4.69) is 0 Å². The first-order chi connectivity index (χ1) is 9.77. The van der Waals surface area contributed by atoms with E-state index in [1.54, 1.807) is 18.2 Å². The zero-order valence-electron chi connectivity index (χ0n) is 12.2. The van der Waals surface area contributed by atoms with Crippen LogP contribution in [0.5, 0.6) is 0 Å². The number of hydrogen-bond acceptors (Lipinski definition) is 2. The minimum Gasteiger partial charge on any atom is -0.212 e. The predicted octanol–water partition coefficient (Wildman–Crippen LogP) is 4.55. The summed E-state index contributed by atoms with van der Waals surface area (Å²) in [7, 11) is -3.32. The van der Waals surface area contributed by atoms with Crippen LogP contribution in [-0.2, 0) is 16.6 Å². The molecule has 0 heterocycles. The first-order valence-corrected chi connectivity index (χ1v) is 9.67. The van der Waals surface area contributed by atoms with Gasteiger partial charge in [-0.2, -0.15) is 4.31 Å². The second-order valence-corrected chi connectivity index (χ2v) is 8.33. The summed E-state index contributed by atoms with van der Waals surface area (Å²) >= 11 is 17.5. The van der Waals surface area contributed by atoms with Gasteiger partial charge in [0.25, 0.3) is 0 Å². The highest BCUT2D eigenvalue weighted by atomic mass is 35.5. The summed E-state index contributed by atoms with van der Waals surface area (Å²) in [6.07, 6.45) is 1.26. The van der Waals surface area contributed by atoms with E-state index in [9.17, 15) is 8.42 Å². The molecule has 0 fully saturated rings. The molecule has 0 aliphatic rings. The minimum absolute atomic E-state index is 0.110. The molecule has 1 aromatic rings. The van der Waals surface area contributed by atoms with E-state index >= 15 is 0 Å². The van der Waals surface area contributed by atoms with Crippen LogP contribution in [-0.4, -0.2) is 30.4 Å². The lowest BCUT2D eigenvalue weighted by Crippen LogP contribution is -2.38. The zero-order valence-corrected chi connectivity index (χ0v) is 15.2. The quantitative estimate of drug-likeness (QED) is 0.496. The van der Waals surface area contributed by atoms with Gasteiger partial charge in [-0.15, -0.1) is 11.6 Å². The van der Waals surface area contributed by atoms with Crippen LogP contribution < -0.4 is 0 Å². The summed E-state index contributed by atoms with van der Waals surface area (Å²) in [4.78, 5) is 0. The van der Waals surface area contributed by atoms with E-state index in [0.717, 1.165) is 5.56 Å².